The van der Waals surface area contributed by atoms with Gasteiger partial charge in [0.25, 0.3) is 0 Å². The second-order valence-electron chi connectivity index (χ2n) is 3.52. The Bertz CT molecular complexity index is 206. The van der Waals surface area contributed by atoms with Gasteiger partial charge < -0.3 is 15.2 Å². The van der Waals surface area contributed by atoms with Crippen LogP contribution in [0, 0.1) is 0 Å². The second-order valence-corrected chi connectivity index (χ2v) is 3.52. The molecule has 0 aliphatic heterocycles. The highest BCUT2D eigenvalue weighted by Gasteiger charge is 2.15. The molecular formula is C8H16N2O3. The molecule has 0 aromatic rings. The van der Waals surface area contributed by atoms with Crippen molar-refractivity contribution < 1.29 is 14.3 Å². The van der Waals surface area contributed by atoms with Gasteiger partial charge in [0.15, 0.2) is 0 Å². The van der Waals surface area contributed by atoms with E-state index in [1.165, 1.54) is 7.11 Å². The van der Waals surface area contributed by atoms with E-state index in [2.05, 4.69) is 9.73 Å². The minimum Gasteiger partial charge on any atom is -0.442 e. The van der Waals surface area contributed by atoms with Crippen LogP contribution < -0.4 is 5.73 Å². The lowest BCUT2D eigenvalue weighted by Gasteiger charge is -2.17. The zero-order valence-corrected chi connectivity index (χ0v) is 8.46. The molecular weight excluding hydrogens is 172 g/mol. The Balaban J connectivity index is 4.07. The van der Waals surface area contributed by atoms with Crippen LogP contribution >= 0.6 is 0 Å². The van der Waals surface area contributed by atoms with Gasteiger partial charge in [-0.15, -0.1) is 0 Å². The molecule has 13 heavy (non-hydrogen) atoms. The first-order chi connectivity index (χ1) is 5.85. The van der Waals surface area contributed by atoms with Gasteiger partial charge in [0.05, 0.1) is 0 Å². The first kappa shape index (κ1) is 11.9. The summed E-state index contributed by atoms with van der Waals surface area (Å²) in [7, 11) is 1.47. The molecule has 2 N–H and O–H groups in total. The monoisotopic (exact) mass is 188 g/mol. The number of ether oxygens (including phenoxy) is 2. The minimum atomic E-state index is -0.693. The third-order valence-corrected chi connectivity index (χ3v) is 0.921. The van der Waals surface area contributed by atoms with E-state index in [9.17, 15) is 4.79 Å². The van der Waals surface area contributed by atoms with E-state index in [1.54, 1.807) is 20.8 Å². The quantitative estimate of drug-likeness (QED) is 0.516. The van der Waals surface area contributed by atoms with Gasteiger partial charge in [-0.2, -0.15) is 4.99 Å². The number of hydrogen-bond donors (Lipinski definition) is 1. The molecule has 1 amide bonds. The van der Waals surface area contributed by atoms with Crippen LogP contribution in [0.15, 0.2) is 4.99 Å². The molecule has 0 radical (unpaired) electrons. The van der Waals surface area contributed by atoms with Crippen molar-refractivity contribution >= 4 is 11.9 Å². The molecule has 0 fully saturated rings. The summed E-state index contributed by atoms with van der Waals surface area (Å²) in [5.41, 5.74) is 4.78. The van der Waals surface area contributed by atoms with Crippen molar-refractivity contribution in [3.05, 3.63) is 0 Å². The lowest BCUT2D eigenvalue weighted by Crippen LogP contribution is -2.25. The van der Waals surface area contributed by atoms with E-state index in [0.29, 0.717) is 0 Å². The van der Waals surface area contributed by atoms with Crippen LogP contribution in [0.4, 0.5) is 4.79 Å². The van der Waals surface area contributed by atoms with Crippen molar-refractivity contribution in [2.45, 2.75) is 26.4 Å². The molecule has 0 bridgehead atoms. The average molecular weight is 188 g/mol. The minimum absolute atomic E-state index is 0.108. The molecule has 0 aliphatic rings. The fourth-order valence-corrected chi connectivity index (χ4v) is 0.582. The van der Waals surface area contributed by atoms with Crippen LogP contribution in [0.2, 0.25) is 0 Å². The third kappa shape index (κ3) is 7.27. The van der Waals surface area contributed by atoms with Gasteiger partial charge in [-0.05, 0) is 20.8 Å². The van der Waals surface area contributed by atoms with E-state index < -0.39 is 11.7 Å². The Morgan fingerprint density at radius 2 is 2.00 bits per heavy atom. The number of nitrogens with zero attached hydrogens (tertiary/aromatic N) is 1. The number of hydrogen-bond acceptors (Lipinski definition) is 3. The molecule has 0 unspecified atom stereocenters. The standard InChI is InChI=1S/C8H16N2O3/c1-8(2,3)13-7(11)10-6(9)5-12-4/h5H2,1-4H3,(H2,9,10,11). The molecule has 76 valence electrons. The van der Waals surface area contributed by atoms with Gasteiger partial charge >= 0.3 is 6.09 Å². The Morgan fingerprint density at radius 1 is 1.46 bits per heavy atom. The van der Waals surface area contributed by atoms with Gasteiger partial charge in [-0.25, -0.2) is 4.79 Å². The first-order valence-electron chi connectivity index (χ1n) is 3.90. The molecule has 0 saturated carbocycles. The van der Waals surface area contributed by atoms with Crippen LogP contribution in [0.1, 0.15) is 20.8 Å². The maximum atomic E-state index is 11.0. The molecule has 0 spiro atoms. The summed E-state index contributed by atoms with van der Waals surface area (Å²) in [6.45, 7) is 5.39. The summed E-state index contributed by atoms with van der Waals surface area (Å²) in [4.78, 5) is 14.5. The lowest BCUT2D eigenvalue weighted by atomic mass is 10.2. The van der Waals surface area contributed by atoms with Crippen LogP contribution in [0.3, 0.4) is 0 Å². The van der Waals surface area contributed by atoms with Crippen molar-refractivity contribution in [1.82, 2.24) is 0 Å². The summed E-state index contributed by atoms with van der Waals surface area (Å²) in [5.74, 6) is 0.108. The molecule has 5 heteroatoms. The highest BCUT2D eigenvalue weighted by molar-refractivity contribution is 5.91. The van der Waals surface area contributed by atoms with Crippen molar-refractivity contribution in [3.63, 3.8) is 0 Å². The molecule has 0 saturated heterocycles. The van der Waals surface area contributed by atoms with E-state index in [1.807, 2.05) is 0 Å². The third-order valence-electron chi connectivity index (χ3n) is 0.921. The number of methoxy groups -OCH3 is 1. The van der Waals surface area contributed by atoms with Crippen molar-refractivity contribution in [3.8, 4) is 0 Å². The number of aliphatic imine (C=N–C) groups is 1. The second kappa shape index (κ2) is 4.81. The number of carbonyl (C=O) groups excluding carboxylic acids is 1. The SMILES string of the molecule is COC/C(N)=N/C(=O)OC(C)(C)C. The highest BCUT2D eigenvalue weighted by Crippen LogP contribution is 2.07. The summed E-state index contributed by atoms with van der Waals surface area (Å²) in [6, 6.07) is 0. The summed E-state index contributed by atoms with van der Waals surface area (Å²) in [6.07, 6.45) is -0.693. The Labute approximate surface area is 77.9 Å². The molecule has 0 heterocycles. The predicted octanol–water partition coefficient (Wildman–Crippen LogP) is 0.925. The molecule has 5 nitrogen and oxygen atoms in total. The lowest BCUT2D eigenvalue weighted by molar-refractivity contribution is 0.0602. The summed E-state index contributed by atoms with van der Waals surface area (Å²) >= 11 is 0. The average Bonchev–Trinajstić information content (AvgIpc) is 1.81. The van der Waals surface area contributed by atoms with Crippen LogP contribution in [-0.2, 0) is 9.47 Å². The normalized spacial score (nSPS) is 12.8. The Kier molecular flexibility index (Phi) is 4.40. The van der Waals surface area contributed by atoms with Gasteiger partial charge in [-0.3, -0.25) is 0 Å². The zero-order chi connectivity index (χ0) is 10.5. The van der Waals surface area contributed by atoms with Crippen LogP contribution in [-0.4, -0.2) is 31.2 Å². The van der Waals surface area contributed by atoms with Gasteiger partial charge in [0, 0.05) is 7.11 Å². The highest BCUT2D eigenvalue weighted by atomic mass is 16.6. The largest absolute Gasteiger partial charge is 0.442 e. The fraction of sp³-hybridized carbons (Fsp3) is 0.750. The maximum absolute atomic E-state index is 11.0. The number of rotatable bonds is 2. The van der Waals surface area contributed by atoms with Gasteiger partial charge in [-0.1, -0.05) is 0 Å². The summed E-state index contributed by atoms with van der Waals surface area (Å²) in [5, 5.41) is 0. The van der Waals surface area contributed by atoms with E-state index in [4.69, 9.17) is 10.5 Å². The zero-order valence-electron chi connectivity index (χ0n) is 8.46. The Morgan fingerprint density at radius 3 is 2.38 bits per heavy atom. The molecule has 0 atom stereocenters. The van der Waals surface area contributed by atoms with E-state index in [0.717, 1.165) is 0 Å². The molecule has 0 aliphatic carbocycles. The van der Waals surface area contributed by atoms with Crippen molar-refractivity contribution in [2.24, 2.45) is 10.7 Å². The maximum Gasteiger partial charge on any atom is 0.435 e. The molecule has 0 aromatic heterocycles. The van der Waals surface area contributed by atoms with Crippen LogP contribution in [0.5, 0.6) is 0 Å². The van der Waals surface area contributed by atoms with Gasteiger partial charge in [0.2, 0.25) is 0 Å². The number of amides is 1. The smallest absolute Gasteiger partial charge is 0.435 e. The van der Waals surface area contributed by atoms with Crippen LogP contribution in [0.25, 0.3) is 0 Å². The Hall–Kier alpha value is -1.10. The predicted molar refractivity (Wildman–Crippen MR) is 49.7 cm³/mol. The number of amidine groups is 1. The fourth-order valence-electron chi connectivity index (χ4n) is 0.582. The topological polar surface area (TPSA) is 73.9 Å². The summed E-state index contributed by atoms with van der Waals surface area (Å²) < 4.78 is 9.56. The first-order valence-corrected chi connectivity index (χ1v) is 3.90. The number of carbonyl (C=O) groups is 1. The van der Waals surface area contributed by atoms with E-state index >= 15 is 0 Å². The number of nitrogens with two attached hydrogens (primary N) is 1. The van der Waals surface area contributed by atoms with Gasteiger partial charge in [0.1, 0.15) is 18.0 Å². The molecule has 0 aromatic carbocycles. The van der Waals surface area contributed by atoms with E-state index in [-0.39, 0.29) is 12.4 Å². The van der Waals surface area contributed by atoms with Crippen molar-refractivity contribution in [2.75, 3.05) is 13.7 Å². The van der Waals surface area contributed by atoms with Crippen molar-refractivity contribution in [1.29, 1.82) is 0 Å². The molecule has 0 rings (SSSR count).